The minimum Gasteiger partial charge on any atom is -0.480 e. The van der Waals surface area contributed by atoms with Gasteiger partial charge in [0, 0.05) is 6.54 Å². The monoisotopic (exact) mass is 261 g/mol. The second kappa shape index (κ2) is 8.01. The zero-order valence-corrected chi connectivity index (χ0v) is 9.80. The molecule has 0 saturated carbocycles. The Balaban J connectivity index is 4.29. The fourth-order valence-electron chi connectivity index (χ4n) is 1.12. The van der Waals surface area contributed by atoms with Crippen LogP contribution >= 0.6 is 0 Å². The molecule has 9 nitrogen and oxygen atoms in total. The van der Waals surface area contributed by atoms with Crippen LogP contribution in [0, 0.1) is 0 Å². The summed E-state index contributed by atoms with van der Waals surface area (Å²) in [5.41, 5.74) is 0. The van der Waals surface area contributed by atoms with E-state index in [1.807, 2.05) is 5.32 Å². The highest BCUT2D eigenvalue weighted by atomic mass is 16.4. The molecule has 18 heavy (non-hydrogen) atoms. The van der Waals surface area contributed by atoms with Gasteiger partial charge in [0.15, 0.2) is 0 Å². The predicted molar refractivity (Wildman–Crippen MR) is 58.9 cm³/mol. The van der Waals surface area contributed by atoms with E-state index in [-0.39, 0.29) is 0 Å². The highest BCUT2D eigenvalue weighted by Gasteiger charge is 2.17. The molecule has 0 aliphatic heterocycles. The van der Waals surface area contributed by atoms with Gasteiger partial charge in [-0.25, -0.2) is 4.79 Å². The lowest BCUT2D eigenvalue weighted by molar-refractivity contribution is -0.142. The predicted octanol–water partition coefficient (Wildman–Crippen LogP) is -1.70. The SMILES string of the molecule is CCNC(=O)NC(=O)CN(CC(=O)O)CC(=O)O. The maximum atomic E-state index is 11.3. The van der Waals surface area contributed by atoms with E-state index < -0.39 is 43.5 Å². The van der Waals surface area contributed by atoms with E-state index in [0.29, 0.717) is 6.54 Å². The number of imide groups is 1. The lowest BCUT2D eigenvalue weighted by Crippen LogP contribution is -2.46. The number of hydrogen-bond acceptors (Lipinski definition) is 5. The molecule has 0 heterocycles. The van der Waals surface area contributed by atoms with Gasteiger partial charge in [-0.3, -0.25) is 24.6 Å². The molecule has 0 radical (unpaired) electrons. The minimum atomic E-state index is -1.26. The lowest BCUT2D eigenvalue weighted by atomic mass is 10.4. The second-order valence-electron chi connectivity index (χ2n) is 3.34. The molecule has 0 spiro atoms. The largest absolute Gasteiger partial charge is 0.480 e. The average Bonchev–Trinajstić information content (AvgIpc) is 2.14. The van der Waals surface area contributed by atoms with E-state index >= 15 is 0 Å². The Morgan fingerprint density at radius 2 is 1.50 bits per heavy atom. The normalized spacial score (nSPS) is 9.89. The van der Waals surface area contributed by atoms with Gasteiger partial charge >= 0.3 is 18.0 Å². The molecule has 0 fully saturated rings. The van der Waals surface area contributed by atoms with Crippen molar-refractivity contribution in [1.29, 1.82) is 0 Å². The van der Waals surface area contributed by atoms with Crippen molar-refractivity contribution in [3.63, 3.8) is 0 Å². The standard InChI is InChI=1S/C9H15N3O6/c1-2-10-9(18)11-6(13)3-12(4-7(14)15)5-8(16)17/h2-5H2,1H3,(H,14,15)(H,16,17)(H2,10,11,13,18). The number of carbonyl (C=O) groups excluding carboxylic acids is 2. The third-order valence-electron chi connectivity index (χ3n) is 1.68. The summed E-state index contributed by atoms with van der Waals surface area (Å²) in [6.45, 7) is 0.290. The molecule has 9 heteroatoms. The van der Waals surface area contributed by atoms with Crippen LogP contribution in [0.2, 0.25) is 0 Å². The molecule has 0 unspecified atom stereocenters. The van der Waals surface area contributed by atoms with Crippen molar-refractivity contribution in [1.82, 2.24) is 15.5 Å². The number of nitrogens with zero attached hydrogens (tertiary/aromatic N) is 1. The van der Waals surface area contributed by atoms with Crippen LogP contribution < -0.4 is 10.6 Å². The van der Waals surface area contributed by atoms with Crippen molar-refractivity contribution in [3.05, 3.63) is 0 Å². The van der Waals surface area contributed by atoms with Gasteiger partial charge in [-0.1, -0.05) is 0 Å². The minimum absolute atomic E-state index is 0.326. The van der Waals surface area contributed by atoms with Gasteiger partial charge in [-0.15, -0.1) is 0 Å². The quantitative estimate of drug-likeness (QED) is 0.429. The molecule has 0 rings (SSSR count). The third-order valence-corrected chi connectivity index (χ3v) is 1.68. The molecule has 0 aliphatic carbocycles. The molecular weight excluding hydrogens is 246 g/mol. The summed E-state index contributed by atoms with van der Waals surface area (Å²) in [5.74, 6) is -3.30. The fraction of sp³-hybridized carbons (Fsp3) is 0.556. The van der Waals surface area contributed by atoms with Gasteiger partial charge in [0.1, 0.15) is 0 Å². The van der Waals surface area contributed by atoms with Crippen LogP contribution in [0.25, 0.3) is 0 Å². The van der Waals surface area contributed by atoms with Crippen LogP contribution in [-0.4, -0.2) is 65.2 Å². The molecule has 0 aromatic carbocycles. The number of carboxylic acid groups (broad SMARTS) is 2. The Kier molecular flexibility index (Phi) is 7.05. The first-order valence-corrected chi connectivity index (χ1v) is 5.08. The Morgan fingerprint density at radius 3 is 1.89 bits per heavy atom. The molecule has 0 bridgehead atoms. The first kappa shape index (κ1) is 15.8. The maximum absolute atomic E-state index is 11.3. The zero-order chi connectivity index (χ0) is 14.1. The fourth-order valence-corrected chi connectivity index (χ4v) is 1.12. The number of carboxylic acids is 2. The summed E-state index contributed by atoms with van der Waals surface area (Å²) in [4.78, 5) is 44.1. The van der Waals surface area contributed by atoms with E-state index in [1.165, 1.54) is 0 Å². The Morgan fingerprint density at radius 1 is 1.00 bits per heavy atom. The van der Waals surface area contributed by atoms with Gasteiger partial charge in [0.25, 0.3) is 0 Å². The number of aliphatic carboxylic acids is 2. The van der Waals surface area contributed by atoms with Crippen molar-refractivity contribution in [2.24, 2.45) is 0 Å². The number of carbonyl (C=O) groups is 4. The number of urea groups is 1. The first-order chi connectivity index (χ1) is 8.35. The van der Waals surface area contributed by atoms with Crippen molar-refractivity contribution in [3.8, 4) is 0 Å². The van der Waals surface area contributed by atoms with Gasteiger partial charge < -0.3 is 15.5 Å². The summed E-state index contributed by atoms with van der Waals surface area (Å²) in [6, 6.07) is -0.715. The molecule has 0 aromatic rings. The number of hydrogen-bond donors (Lipinski definition) is 4. The lowest BCUT2D eigenvalue weighted by Gasteiger charge is -2.16. The van der Waals surface area contributed by atoms with E-state index in [1.54, 1.807) is 6.92 Å². The molecule has 0 aromatic heterocycles. The van der Waals surface area contributed by atoms with Gasteiger partial charge in [-0.2, -0.15) is 0 Å². The summed E-state index contributed by atoms with van der Waals surface area (Å²) >= 11 is 0. The van der Waals surface area contributed by atoms with E-state index in [9.17, 15) is 19.2 Å². The molecule has 0 aliphatic rings. The van der Waals surface area contributed by atoms with Crippen molar-refractivity contribution in [2.75, 3.05) is 26.2 Å². The maximum Gasteiger partial charge on any atom is 0.321 e. The number of rotatable bonds is 7. The van der Waals surface area contributed by atoms with Crippen LogP contribution in [0.15, 0.2) is 0 Å². The third kappa shape index (κ3) is 8.05. The summed E-state index contributed by atoms with van der Waals surface area (Å²) in [5, 5.41) is 21.3. The molecule has 0 atom stereocenters. The van der Waals surface area contributed by atoms with E-state index in [0.717, 1.165) is 4.90 Å². The van der Waals surface area contributed by atoms with Crippen LogP contribution in [-0.2, 0) is 14.4 Å². The average molecular weight is 261 g/mol. The van der Waals surface area contributed by atoms with E-state index in [2.05, 4.69) is 5.32 Å². The number of nitrogens with one attached hydrogen (secondary N) is 2. The Bertz CT molecular complexity index is 327. The van der Waals surface area contributed by atoms with Crippen LogP contribution in [0.5, 0.6) is 0 Å². The molecule has 3 amide bonds. The van der Waals surface area contributed by atoms with Crippen LogP contribution in [0.1, 0.15) is 6.92 Å². The van der Waals surface area contributed by atoms with Crippen molar-refractivity contribution < 1.29 is 29.4 Å². The molecular formula is C9H15N3O6. The molecule has 102 valence electrons. The molecule has 4 N–H and O–H groups in total. The van der Waals surface area contributed by atoms with Crippen molar-refractivity contribution >= 4 is 23.9 Å². The first-order valence-electron chi connectivity index (χ1n) is 5.08. The van der Waals surface area contributed by atoms with Crippen molar-refractivity contribution in [2.45, 2.75) is 6.92 Å². The summed E-state index contributed by atoms with van der Waals surface area (Å²) in [6.07, 6.45) is 0. The smallest absolute Gasteiger partial charge is 0.321 e. The van der Waals surface area contributed by atoms with Gasteiger partial charge in [0.05, 0.1) is 19.6 Å². The topological polar surface area (TPSA) is 136 Å². The van der Waals surface area contributed by atoms with Gasteiger partial charge in [-0.05, 0) is 6.92 Å². The Hall–Kier alpha value is -2.16. The second-order valence-corrected chi connectivity index (χ2v) is 3.34. The van der Waals surface area contributed by atoms with E-state index in [4.69, 9.17) is 10.2 Å². The summed E-state index contributed by atoms with van der Waals surface area (Å²) < 4.78 is 0. The highest BCUT2D eigenvalue weighted by Crippen LogP contribution is 1.88. The molecule has 0 saturated heterocycles. The highest BCUT2D eigenvalue weighted by molar-refractivity contribution is 5.95. The summed E-state index contributed by atoms with van der Waals surface area (Å²) in [7, 11) is 0. The van der Waals surface area contributed by atoms with Crippen LogP contribution in [0.4, 0.5) is 4.79 Å². The Labute approximate surface area is 103 Å². The number of amides is 3. The zero-order valence-electron chi connectivity index (χ0n) is 9.80. The van der Waals surface area contributed by atoms with Crippen LogP contribution in [0.3, 0.4) is 0 Å². The van der Waals surface area contributed by atoms with Gasteiger partial charge in [0.2, 0.25) is 5.91 Å².